The number of rotatable bonds is 5. The Kier molecular flexibility index (Phi) is 5.65. The third-order valence-electron chi connectivity index (χ3n) is 4.97. The number of nitrogens with zero attached hydrogens (tertiary/aromatic N) is 5. The molecule has 4 rings (SSSR count). The molecule has 0 aliphatic carbocycles. The van der Waals surface area contributed by atoms with Crippen LogP contribution in [0.4, 0.5) is 11.6 Å². The summed E-state index contributed by atoms with van der Waals surface area (Å²) in [6.45, 7) is 5.48. The lowest BCUT2D eigenvalue weighted by Crippen LogP contribution is -2.49. The van der Waals surface area contributed by atoms with Crippen molar-refractivity contribution < 1.29 is 4.79 Å². The molecule has 3 aromatic rings. The highest BCUT2D eigenvalue weighted by atomic mass is 16.2. The van der Waals surface area contributed by atoms with Gasteiger partial charge in [-0.3, -0.25) is 9.78 Å². The number of pyridine rings is 1. The van der Waals surface area contributed by atoms with Crippen LogP contribution in [-0.2, 0) is 6.54 Å². The Morgan fingerprint density at radius 3 is 2.59 bits per heavy atom. The second kappa shape index (κ2) is 8.68. The molecule has 3 heterocycles. The smallest absolute Gasteiger partial charge is 0.255 e. The van der Waals surface area contributed by atoms with Gasteiger partial charge in [-0.25, -0.2) is 9.97 Å². The van der Waals surface area contributed by atoms with Gasteiger partial charge in [0, 0.05) is 57.5 Å². The SMILES string of the molecule is Cc1cccc(CNc2cncc(C(=O)N3CCN(c4ncccn4)CC3)c2)c1. The minimum Gasteiger partial charge on any atom is -0.380 e. The van der Waals surface area contributed by atoms with Crippen LogP contribution in [0.15, 0.2) is 61.2 Å². The van der Waals surface area contributed by atoms with Gasteiger partial charge in [-0.1, -0.05) is 29.8 Å². The Hall–Kier alpha value is -3.48. The molecule has 0 bridgehead atoms. The molecule has 148 valence electrons. The van der Waals surface area contributed by atoms with E-state index >= 15 is 0 Å². The molecule has 0 saturated carbocycles. The van der Waals surface area contributed by atoms with Crippen LogP contribution in [0, 0.1) is 6.92 Å². The number of benzene rings is 1. The highest BCUT2D eigenvalue weighted by molar-refractivity contribution is 5.94. The van der Waals surface area contributed by atoms with Crippen LogP contribution in [0.3, 0.4) is 0 Å². The Bertz CT molecular complexity index is 970. The van der Waals surface area contributed by atoms with Crippen LogP contribution in [0.2, 0.25) is 0 Å². The van der Waals surface area contributed by atoms with Crippen molar-refractivity contribution in [2.75, 3.05) is 36.4 Å². The van der Waals surface area contributed by atoms with E-state index in [4.69, 9.17) is 0 Å². The standard InChI is InChI=1S/C22H24N6O/c1-17-4-2-5-18(12-17)14-26-20-13-19(15-23-16-20)21(29)27-8-10-28(11-9-27)22-24-6-3-7-25-22/h2-7,12-13,15-16,26H,8-11,14H2,1H3. The van der Waals surface area contributed by atoms with Gasteiger partial charge >= 0.3 is 0 Å². The van der Waals surface area contributed by atoms with Gasteiger partial charge in [-0.15, -0.1) is 0 Å². The van der Waals surface area contributed by atoms with Crippen molar-refractivity contribution in [2.24, 2.45) is 0 Å². The maximum atomic E-state index is 12.9. The molecule has 0 atom stereocenters. The molecule has 1 amide bonds. The van der Waals surface area contributed by atoms with Gasteiger partial charge in [-0.2, -0.15) is 0 Å². The number of carbonyl (C=O) groups is 1. The zero-order chi connectivity index (χ0) is 20.1. The quantitative estimate of drug-likeness (QED) is 0.724. The molecule has 0 unspecified atom stereocenters. The molecule has 0 spiro atoms. The zero-order valence-corrected chi connectivity index (χ0v) is 16.5. The fourth-order valence-electron chi connectivity index (χ4n) is 3.43. The monoisotopic (exact) mass is 388 g/mol. The van der Waals surface area contributed by atoms with Crippen LogP contribution >= 0.6 is 0 Å². The van der Waals surface area contributed by atoms with Crippen molar-refractivity contribution in [3.63, 3.8) is 0 Å². The maximum Gasteiger partial charge on any atom is 0.255 e. The van der Waals surface area contributed by atoms with Crippen LogP contribution in [0.1, 0.15) is 21.5 Å². The lowest BCUT2D eigenvalue weighted by molar-refractivity contribution is 0.0746. The predicted molar refractivity (Wildman–Crippen MR) is 113 cm³/mol. The molecule has 1 aliphatic rings. The van der Waals surface area contributed by atoms with Gasteiger partial charge in [-0.05, 0) is 24.6 Å². The van der Waals surface area contributed by atoms with Crippen molar-refractivity contribution in [3.8, 4) is 0 Å². The van der Waals surface area contributed by atoms with E-state index < -0.39 is 0 Å². The molecule has 7 heteroatoms. The first kappa shape index (κ1) is 18.9. The molecular weight excluding hydrogens is 364 g/mol. The summed E-state index contributed by atoms with van der Waals surface area (Å²) in [6, 6.07) is 12.0. The van der Waals surface area contributed by atoms with E-state index in [0.717, 1.165) is 5.69 Å². The predicted octanol–water partition coefficient (Wildman–Crippen LogP) is 2.75. The van der Waals surface area contributed by atoms with Crippen LogP contribution in [-0.4, -0.2) is 51.9 Å². The average Bonchev–Trinajstić information content (AvgIpc) is 2.78. The minimum atomic E-state index is 0.00494. The number of aryl methyl sites for hydroxylation is 1. The Balaban J connectivity index is 1.36. The maximum absolute atomic E-state index is 12.9. The summed E-state index contributed by atoms with van der Waals surface area (Å²) in [5, 5.41) is 3.36. The second-order valence-electron chi connectivity index (χ2n) is 7.13. The molecule has 0 radical (unpaired) electrons. The molecule has 2 aromatic heterocycles. The average molecular weight is 388 g/mol. The highest BCUT2D eigenvalue weighted by Crippen LogP contribution is 2.15. The first-order valence-electron chi connectivity index (χ1n) is 9.75. The van der Waals surface area contributed by atoms with E-state index in [0.29, 0.717) is 44.2 Å². The number of carbonyl (C=O) groups excluding carboxylic acids is 1. The van der Waals surface area contributed by atoms with Crippen LogP contribution < -0.4 is 10.2 Å². The highest BCUT2D eigenvalue weighted by Gasteiger charge is 2.23. The van der Waals surface area contributed by atoms with Gasteiger partial charge in [0.2, 0.25) is 5.95 Å². The molecule has 29 heavy (non-hydrogen) atoms. The number of nitrogens with one attached hydrogen (secondary N) is 1. The number of amides is 1. The van der Waals surface area contributed by atoms with Gasteiger partial charge < -0.3 is 15.1 Å². The van der Waals surface area contributed by atoms with Gasteiger partial charge in [0.15, 0.2) is 0 Å². The molecule has 1 saturated heterocycles. The first-order chi connectivity index (χ1) is 14.2. The second-order valence-corrected chi connectivity index (χ2v) is 7.13. The summed E-state index contributed by atoms with van der Waals surface area (Å²) in [5.74, 6) is 0.717. The summed E-state index contributed by atoms with van der Waals surface area (Å²) in [5.41, 5.74) is 3.87. The van der Waals surface area contributed by atoms with E-state index in [-0.39, 0.29) is 5.91 Å². The summed E-state index contributed by atoms with van der Waals surface area (Å²) in [6.07, 6.45) is 6.85. The van der Waals surface area contributed by atoms with Crippen molar-refractivity contribution in [3.05, 3.63) is 77.9 Å². The third kappa shape index (κ3) is 4.68. The summed E-state index contributed by atoms with van der Waals surface area (Å²) < 4.78 is 0. The normalized spacial score (nSPS) is 14.0. The van der Waals surface area contributed by atoms with E-state index in [1.807, 2.05) is 17.0 Å². The zero-order valence-electron chi connectivity index (χ0n) is 16.5. The fraction of sp³-hybridized carbons (Fsp3) is 0.273. The summed E-state index contributed by atoms with van der Waals surface area (Å²) >= 11 is 0. The topological polar surface area (TPSA) is 74.2 Å². The van der Waals surface area contributed by atoms with E-state index in [9.17, 15) is 4.79 Å². The van der Waals surface area contributed by atoms with Gasteiger partial charge in [0.25, 0.3) is 5.91 Å². The lowest BCUT2D eigenvalue weighted by atomic mass is 10.1. The van der Waals surface area contributed by atoms with E-state index in [2.05, 4.69) is 50.3 Å². The van der Waals surface area contributed by atoms with E-state index in [1.165, 1.54) is 11.1 Å². The summed E-state index contributed by atoms with van der Waals surface area (Å²) in [4.78, 5) is 29.7. The number of piperazine rings is 1. The van der Waals surface area contributed by atoms with Crippen molar-refractivity contribution in [1.29, 1.82) is 0 Å². The third-order valence-corrected chi connectivity index (χ3v) is 4.97. The molecule has 7 nitrogen and oxygen atoms in total. The molecule has 1 fully saturated rings. The van der Waals surface area contributed by atoms with Crippen molar-refractivity contribution in [2.45, 2.75) is 13.5 Å². The Morgan fingerprint density at radius 2 is 1.83 bits per heavy atom. The lowest BCUT2D eigenvalue weighted by Gasteiger charge is -2.34. The van der Waals surface area contributed by atoms with Crippen molar-refractivity contribution in [1.82, 2.24) is 19.9 Å². The Morgan fingerprint density at radius 1 is 1.03 bits per heavy atom. The van der Waals surface area contributed by atoms with Crippen molar-refractivity contribution >= 4 is 17.5 Å². The first-order valence-corrected chi connectivity index (χ1v) is 9.75. The summed E-state index contributed by atoms with van der Waals surface area (Å²) in [7, 11) is 0. The van der Waals surface area contributed by atoms with Gasteiger partial charge in [0.1, 0.15) is 0 Å². The largest absolute Gasteiger partial charge is 0.380 e. The molecule has 1 aromatic carbocycles. The van der Waals surface area contributed by atoms with E-state index in [1.54, 1.807) is 30.9 Å². The molecule has 1 N–H and O–H groups in total. The van der Waals surface area contributed by atoms with Crippen LogP contribution in [0.5, 0.6) is 0 Å². The number of hydrogen-bond donors (Lipinski definition) is 1. The van der Waals surface area contributed by atoms with Crippen LogP contribution in [0.25, 0.3) is 0 Å². The molecule has 1 aliphatic heterocycles. The number of anilines is 2. The molecular formula is C22H24N6O. The van der Waals surface area contributed by atoms with Gasteiger partial charge in [0.05, 0.1) is 11.3 Å². The Labute approximate surface area is 170 Å². The number of aromatic nitrogens is 3. The number of hydrogen-bond acceptors (Lipinski definition) is 6. The fourth-order valence-corrected chi connectivity index (χ4v) is 3.43. The minimum absolute atomic E-state index is 0.00494.